The molecule has 2 aromatic heterocycles. The summed E-state index contributed by atoms with van der Waals surface area (Å²) in [5, 5.41) is 7.49. The molecular weight excluding hydrogens is 254 g/mol. The van der Waals surface area contributed by atoms with Crippen molar-refractivity contribution >= 4 is 5.91 Å². The van der Waals surface area contributed by atoms with E-state index in [1.54, 1.807) is 23.1 Å². The molecule has 104 valence electrons. The monoisotopic (exact) mass is 271 g/mol. The molecule has 0 aliphatic carbocycles. The molecule has 6 heteroatoms. The molecular formula is C14H17N5O. The summed E-state index contributed by atoms with van der Waals surface area (Å²) in [4.78, 5) is 18.5. The average Bonchev–Trinajstić information content (AvgIpc) is 3.01. The summed E-state index contributed by atoms with van der Waals surface area (Å²) in [5.74, 6) is -0.0210. The van der Waals surface area contributed by atoms with Gasteiger partial charge in [0.1, 0.15) is 5.69 Å². The first-order chi connectivity index (χ1) is 9.74. The number of hydrogen-bond acceptors (Lipinski definition) is 4. The number of carbonyl (C=O) groups is 1. The maximum absolute atomic E-state index is 12.5. The molecule has 1 aliphatic heterocycles. The highest BCUT2D eigenvalue weighted by Gasteiger charge is 2.22. The summed E-state index contributed by atoms with van der Waals surface area (Å²) in [6, 6.07) is 5.79. The minimum Gasteiger partial charge on any atom is -0.334 e. The van der Waals surface area contributed by atoms with Gasteiger partial charge in [0.15, 0.2) is 0 Å². The third-order valence-electron chi connectivity index (χ3n) is 3.39. The number of piperazine rings is 1. The SMILES string of the molecule is CC1CN(C(=O)c2cc(-n3cccn3)ccn2)CCN1. The van der Waals surface area contributed by atoms with Crippen molar-refractivity contribution in [2.75, 3.05) is 19.6 Å². The van der Waals surface area contributed by atoms with E-state index in [-0.39, 0.29) is 5.91 Å². The zero-order valence-electron chi connectivity index (χ0n) is 11.4. The number of nitrogens with zero attached hydrogens (tertiary/aromatic N) is 4. The quantitative estimate of drug-likeness (QED) is 0.873. The second-order valence-electron chi connectivity index (χ2n) is 4.96. The van der Waals surface area contributed by atoms with Gasteiger partial charge in [0.05, 0.1) is 5.69 Å². The van der Waals surface area contributed by atoms with Crippen molar-refractivity contribution in [2.45, 2.75) is 13.0 Å². The van der Waals surface area contributed by atoms with Gasteiger partial charge in [-0.05, 0) is 25.1 Å². The first kappa shape index (κ1) is 12.8. The van der Waals surface area contributed by atoms with Gasteiger partial charge in [-0.15, -0.1) is 0 Å². The van der Waals surface area contributed by atoms with E-state index < -0.39 is 0 Å². The van der Waals surface area contributed by atoms with Crippen LogP contribution in [0, 0.1) is 0 Å². The molecule has 1 atom stereocenters. The van der Waals surface area contributed by atoms with E-state index in [4.69, 9.17) is 0 Å². The summed E-state index contributed by atoms with van der Waals surface area (Å²) < 4.78 is 1.72. The lowest BCUT2D eigenvalue weighted by Crippen LogP contribution is -2.51. The first-order valence-corrected chi connectivity index (χ1v) is 6.73. The van der Waals surface area contributed by atoms with Crippen molar-refractivity contribution in [2.24, 2.45) is 0 Å². The van der Waals surface area contributed by atoms with Gasteiger partial charge in [0, 0.05) is 44.3 Å². The van der Waals surface area contributed by atoms with Crippen LogP contribution in [-0.2, 0) is 0 Å². The van der Waals surface area contributed by atoms with E-state index in [0.29, 0.717) is 18.3 Å². The molecule has 1 fully saturated rings. The number of nitrogens with one attached hydrogen (secondary N) is 1. The molecule has 0 bridgehead atoms. The molecule has 2 aromatic rings. The highest BCUT2D eigenvalue weighted by molar-refractivity contribution is 5.92. The van der Waals surface area contributed by atoms with Crippen LogP contribution in [0.25, 0.3) is 5.69 Å². The topological polar surface area (TPSA) is 63.1 Å². The molecule has 3 rings (SSSR count). The minimum absolute atomic E-state index is 0.0210. The predicted molar refractivity (Wildman–Crippen MR) is 74.7 cm³/mol. The Hall–Kier alpha value is -2.21. The highest BCUT2D eigenvalue weighted by atomic mass is 16.2. The molecule has 1 aliphatic rings. The van der Waals surface area contributed by atoms with Crippen molar-refractivity contribution in [3.63, 3.8) is 0 Å². The number of pyridine rings is 1. The number of carbonyl (C=O) groups excluding carboxylic acids is 1. The number of hydrogen-bond donors (Lipinski definition) is 1. The average molecular weight is 271 g/mol. The zero-order valence-corrected chi connectivity index (χ0v) is 11.4. The molecule has 1 N–H and O–H groups in total. The van der Waals surface area contributed by atoms with Crippen molar-refractivity contribution in [3.8, 4) is 5.69 Å². The smallest absolute Gasteiger partial charge is 0.272 e. The zero-order chi connectivity index (χ0) is 13.9. The van der Waals surface area contributed by atoms with Crippen molar-refractivity contribution in [1.82, 2.24) is 25.0 Å². The number of rotatable bonds is 2. The van der Waals surface area contributed by atoms with Crippen LogP contribution in [-0.4, -0.2) is 51.2 Å². The van der Waals surface area contributed by atoms with Crippen LogP contribution in [0.15, 0.2) is 36.8 Å². The third kappa shape index (κ3) is 2.55. The Kier molecular flexibility index (Phi) is 3.47. The van der Waals surface area contributed by atoms with Gasteiger partial charge in [-0.2, -0.15) is 5.10 Å². The number of aromatic nitrogens is 3. The van der Waals surface area contributed by atoms with Gasteiger partial charge in [0.2, 0.25) is 0 Å². The standard InChI is InChI=1S/C14H17N5O/c1-11-10-18(8-6-15-11)14(20)13-9-12(3-5-16-13)19-7-2-4-17-19/h2-5,7,9,11,15H,6,8,10H2,1H3. The van der Waals surface area contributed by atoms with Crippen LogP contribution in [0.3, 0.4) is 0 Å². The fraction of sp³-hybridized carbons (Fsp3) is 0.357. The van der Waals surface area contributed by atoms with E-state index in [1.807, 2.05) is 23.2 Å². The second kappa shape index (κ2) is 5.42. The summed E-state index contributed by atoms with van der Waals surface area (Å²) in [6.45, 7) is 4.34. The fourth-order valence-electron chi connectivity index (χ4n) is 2.38. The summed E-state index contributed by atoms with van der Waals surface area (Å²) in [7, 11) is 0. The molecule has 6 nitrogen and oxygen atoms in total. The van der Waals surface area contributed by atoms with E-state index in [1.165, 1.54) is 0 Å². The highest BCUT2D eigenvalue weighted by Crippen LogP contribution is 2.10. The first-order valence-electron chi connectivity index (χ1n) is 6.73. The van der Waals surface area contributed by atoms with Crippen LogP contribution in [0.1, 0.15) is 17.4 Å². The van der Waals surface area contributed by atoms with Crippen LogP contribution in [0.5, 0.6) is 0 Å². The Bertz CT molecular complexity index is 595. The Balaban J connectivity index is 1.83. The van der Waals surface area contributed by atoms with Gasteiger partial charge in [0.25, 0.3) is 5.91 Å². The number of amides is 1. The molecule has 1 saturated heterocycles. The van der Waals surface area contributed by atoms with E-state index in [9.17, 15) is 4.79 Å². The van der Waals surface area contributed by atoms with Crippen LogP contribution < -0.4 is 5.32 Å². The van der Waals surface area contributed by atoms with Gasteiger partial charge in [-0.25, -0.2) is 4.68 Å². The lowest BCUT2D eigenvalue weighted by molar-refractivity contribution is 0.0703. The fourth-order valence-corrected chi connectivity index (χ4v) is 2.38. The van der Waals surface area contributed by atoms with Crippen LogP contribution in [0.2, 0.25) is 0 Å². The predicted octanol–water partition coefficient (Wildman–Crippen LogP) is 0.701. The molecule has 20 heavy (non-hydrogen) atoms. The van der Waals surface area contributed by atoms with E-state index >= 15 is 0 Å². The lowest BCUT2D eigenvalue weighted by atomic mass is 10.2. The summed E-state index contributed by atoms with van der Waals surface area (Å²) in [6.07, 6.45) is 5.20. The Morgan fingerprint density at radius 1 is 1.45 bits per heavy atom. The Morgan fingerprint density at radius 2 is 2.35 bits per heavy atom. The van der Waals surface area contributed by atoms with E-state index in [2.05, 4.69) is 22.3 Å². The van der Waals surface area contributed by atoms with Crippen molar-refractivity contribution in [3.05, 3.63) is 42.5 Å². The van der Waals surface area contributed by atoms with Crippen LogP contribution >= 0.6 is 0 Å². The minimum atomic E-state index is -0.0210. The van der Waals surface area contributed by atoms with Crippen LogP contribution in [0.4, 0.5) is 0 Å². The normalized spacial score (nSPS) is 19.1. The molecule has 1 amide bonds. The molecule has 0 aromatic carbocycles. The maximum Gasteiger partial charge on any atom is 0.272 e. The van der Waals surface area contributed by atoms with E-state index in [0.717, 1.165) is 18.8 Å². The van der Waals surface area contributed by atoms with Gasteiger partial charge in [-0.3, -0.25) is 9.78 Å². The van der Waals surface area contributed by atoms with Gasteiger partial charge in [-0.1, -0.05) is 0 Å². The van der Waals surface area contributed by atoms with Gasteiger partial charge < -0.3 is 10.2 Å². The lowest BCUT2D eigenvalue weighted by Gasteiger charge is -2.31. The van der Waals surface area contributed by atoms with Crippen molar-refractivity contribution < 1.29 is 4.79 Å². The summed E-state index contributed by atoms with van der Waals surface area (Å²) >= 11 is 0. The molecule has 0 radical (unpaired) electrons. The molecule has 0 spiro atoms. The largest absolute Gasteiger partial charge is 0.334 e. The Morgan fingerprint density at radius 3 is 3.10 bits per heavy atom. The molecule has 0 saturated carbocycles. The van der Waals surface area contributed by atoms with Gasteiger partial charge >= 0.3 is 0 Å². The maximum atomic E-state index is 12.5. The molecule has 3 heterocycles. The van der Waals surface area contributed by atoms with Crippen molar-refractivity contribution in [1.29, 1.82) is 0 Å². The Labute approximate surface area is 117 Å². The molecule has 1 unspecified atom stereocenters. The second-order valence-corrected chi connectivity index (χ2v) is 4.96. The third-order valence-corrected chi connectivity index (χ3v) is 3.39. The summed E-state index contributed by atoms with van der Waals surface area (Å²) in [5.41, 5.74) is 1.31.